The van der Waals surface area contributed by atoms with Gasteiger partial charge in [-0.2, -0.15) is 0 Å². The molecule has 0 aliphatic heterocycles. The van der Waals surface area contributed by atoms with Gasteiger partial charge in [-0.3, -0.25) is 9.59 Å². The van der Waals surface area contributed by atoms with Crippen molar-refractivity contribution in [1.82, 2.24) is 15.3 Å². The van der Waals surface area contributed by atoms with E-state index in [-0.39, 0.29) is 17.9 Å². The Kier molecular flexibility index (Phi) is 5.33. The van der Waals surface area contributed by atoms with Gasteiger partial charge in [0.05, 0.1) is 32.7 Å². The zero-order valence-corrected chi connectivity index (χ0v) is 17.0. The molecule has 0 saturated heterocycles. The average molecular weight is 425 g/mol. The van der Waals surface area contributed by atoms with Gasteiger partial charge >= 0.3 is 0 Å². The van der Waals surface area contributed by atoms with Crippen LogP contribution >= 0.6 is 22.9 Å². The van der Waals surface area contributed by atoms with Crippen molar-refractivity contribution < 1.29 is 9.59 Å². The predicted molar refractivity (Wildman–Crippen MR) is 116 cm³/mol. The smallest absolute Gasteiger partial charge is 0.265 e. The van der Waals surface area contributed by atoms with E-state index in [1.165, 1.54) is 11.3 Å². The number of anilines is 1. The summed E-state index contributed by atoms with van der Waals surface area (Å²) < 4.78 is 0. The summed E-state index contributed by atoms with van der Waals surface area (Å²) in [4.78, 5) is 33.3. The second-order valence-corrected chi connectivity index (χ2v) is 7.82. The van der Waals surface area contributed by atoms with Crippen molar-refractivity contribution in [2.45, 2.75) is 13.0 Å². The van der Waals surface area contributed by atoms with E-state index in [0.29, 0.717) is 27.0 Å². The van der Waals surface area contributed by atoms with E-state index >= 15 is 0 Å². The lowest BCUT2D eigenvalue weighted by Crippen LogP contribution is -2.27. The molecule has 146 valence electrons. The van der Waals surface area contributed by atoms with Gasteiger partial charge < -0.3 is 15.6 Å². The highest BCUT2D eigenvalue weighted by atomic mass is 35.5. The zero-order valence-electron chi connectivity index (χ0n) is 15.4. The number of amides is 2. The first-order valence-electron chi connectivity index (χ1n) is 8.91. The van der Waals surface area contributed by atoms with Crippen LogP contribution in [-0.4, -0.2) is 21.8 Å². The number of carbonyl (C=O) groups is 2. The van der Waals surface area contributed by atoms with Gasteiger partial charge in [-0.05, 0) is 48.7 Å². The largest absolute Gasteiger partial charge is 0.342 e. The highest BCUT2D eigenvalue weighted by Crippen LogP contribution is 2.25. The van der Waals surface area contributed by atoms with Gasteiger partial charge in [0.15, 0.2) is 0 Å². The Morgan fingerprint density at radius 1 is 1.10 bits per heavy atom. The number of hydrogen-bond acceptors (Lipinski definition) is 4. The Morgan fingerprint density at radius 2 is 1.93 bits per heavy atom. The molecule has 6 nitrogen and oxygen atoms in total. The number of benzene rings is 2. The molecule has 2 heterocycles. The maximum absolute atomic E-state index is 12.7. The number of nitrogens with one attached hydrogen (secondary N) is 3. The molecule has 0 spiro atoms. The zero-order chi connectivity index (χ0) is 20.4. The van der Waals surface area contributed by atoms with Gasteiger partial charge in [0.25, 0.3) is 11.8 Å². The number of carbonyl (C=O) groups excluding carboxylic acids is 2. The van der Waals surface area contributed by atoms with Crippen molar-refractivity contribution in [3.05, 3.63) is 81.3 Å². The molecule has 2 aromatic carbocycles. The average Bonchev–Trinajstić information content (AvgIpc) is 3.39. The second kappa shape index (κ2) is 8.06. The molecule has 0 radical (unpaired) electrons. The monoisotopic (exact) mass is 424 g/mol. The Labute approximate surface area is 175 Å². The van der Waals surface area contributed by atoms with Crippen molar-refractivity contribution in [3.63, 3.8) is 0 Å². The van der Waals surface area contributed by atoms with Crippen LogP contribution in [-0.2, 0) is 0 Å². The van der Waals surface area contributed by atoms with Crippen LogP contribution in [0.4, 0.5) is 5.69 Å². The van der Waals surface area contributed by atoms with Gasteiger partial charge in [-0.15, -0.1) is 11.3 Å². The number of aromatic nitrogens is 2. The summed E-state index contributed by atoms with van der Waals surface area (Å²) in [6.07, 6.45) is 0. The van der Waals surface area contributed by atoms with Gasteiger partial charge in [0.2, 0.25) is 0 Å². The van der Waals surface area contributed by atoms with E-state index in [2.05, 4.69) is 20.6 Å². The molecule has 0 saturated carbocycles. The van der Waals surface area contributed by atoms with Crippen molar-refractivity contribution in [3.8, 4) is 0 Å². The first kappa shape index (κ1) is 19.2. The minimum atomic E-state index is -0.324. The maximum atomic E-state index is 12.7. The Morgan fingerprint density at radius 3 is 2.69 bits per heavy atom. The Hall–Kier alpha value is -3.16. The molecule has 4 aromatic rings. The normalized spacial score (nSPS) is 11.9. The lowest BCUT2D eigenvalue weighted by molar-refractivity contribution is 0.0937. The number of nitrogens with zero attached hydrogens (tertiary/aromatic N) is 1. The fourth-order valence-electron chi connectivity index (χ4n) is 2.88. The van der Waals surface area contributed by atoms with Crippen molar-refractivity contribution in [2.75, 3.05) is 5.32 Å². The first-order valence-corrected chi connectivity index (χ1v) is 10.2. The van der Waals surface area contributed by atoms with Crippen LogP contribution in [0.15, 0.2) is 60.0 Å². The number of hydrogen-bond donors (Lipinski definition) is 3. The number of halogens is 1. The quantitative estimate of drug-likeness (QED) is 0.420. The number of para-hydroxylation sites is 2. The minimum absolute atomic E-state index is 0.268. The second-order valence-electron chi connectivity index (χ2n) is 6.46. The van der Waals surface area contributed by atoms with Crippen molar-refractivity contribution in [1.29, 1.82) is 0 Å². The van der Waals surface area contributed by atoms with Gasteiger partial charge in [-0.1, -0.05) is 29.8 Å². The molecule has 2 aromatic heterocycles. The lowest BCUT2D eigenvalue weighted by atomic mass is 10.1. The number of thiophene rings is 1. The summed E-state index contributed by atoms with van der Waals surface area (Å²) in [5.74, 6) is 0.107. The number of fused-ring (bicyclic) bond motifs is 1. The van der Waals surface area contributed by atoms with Crippen molar-refractivity contribution in [2.24, 2.45) is 0 Å². The van der Waals surface area contributed by atoms with E-state index in [1.54, 1.807) is 30.3 Å². The summed E-state index contributed by atoms with van der Waals surface area (Å²) >= 11 is 7.52. The molecule has 29 heavy (non-hydrogen) atoms. The van der Waals surface area contributed by atoms with Crippen LogP contribution in [0, 0.1) is 0 Å². The van der Waals surface area contributed by atoms with Gasteiger partial charge in [-0.25, -0.2) is 4.98 Å². The van der Waals surface area contributed by atoms with Gasteiger partial charge in [0, 0.05) is 5.56 Å². The van der Waals surface area contributed by atoms with Crippen LogP contribution in [0.25, 0.3) is 11.0 Å². The molecular formula is C21H17ClN4O2S. The predicted octanol–water partition coefficient (Wildman–Crippen LogP) is 5.02. The Bertz CT molecular complexity index is 1150. The van der Waals surface area contributed by atoms with Crippen molar-refractivity contribution >= 4 is 51.5 Å². The number of aromatic amines is 1. The van der Waals surface area contributed by atoms with E-state index in [9.17, 15) is 9.59 Å². The SMILES string of the molecule is CC(NC(=O)c1ccc(Cl)c(NC(=O)c2cccs2)c1)c1nc2ccccc2[nH]1. The molecule has 3 N–H and O–H groups in total. The molecule has 1 unspecified atom stereocenters. The molecular weight excluding hydrogens is 408 g/mol. The van der Waals surface area contributed by atoms with Crippen LogP contribution in [0.5, 0.6) is 0 Å². The third-order valence-corrected chi connectivity index (χ3v) is 5.59. The fraction of sp³-hybridized carbons (Fsp3) is 0.0952. The topological polar surface area (TPSA) is 86.9 Å². The molecule has 1 atom stereocenters. The van der Waals surface area contributed by atoms with E-state index < -0.39 is 0 Å². The van der Waals surface area contributed by atoms with E-state index in [4.69, 9.17) is 11.6 Å². The van der Waals surface area contributed by atoms with E-state index in [1.807, 2.05) is 36.6 Å². The molecule has 0 bridgehead atoms. The van der Waals surface area contributed by atoms with Crippen LogP contribution in [0.3, 0.4) is 0 Å². The minimum Gasteiger partial charge on any atom is -0.342 e. The first-order chi connectivity index (χ1) is 14.0. The highest BCUT2D eigenvalue weighted by molar-refractivity contribution is 7.12. The third-order valence-electron chi connectivity index (χ3n) is 4.39. The summed E-state index contributed by atoms with van der Waals surface area (Å²) in [5.41, 5.74) is 2.52. The van der Waals surface area contributed by atoms with Gasteiger partial charge in [0.1, 0.15) is 5.82 Å². The molecule has 0 aliphatic carbocycles. The van der Waals surface area contributed by atoms with Crippen LogP contribution in [0.2, 0.25) is 5.02 Å². The molecule has 2 amide bonds. The maximum Gasteiger partial charge on any atom is 0.265 e. The number of imidazole rings is 1. The molecule has 8 heteroatoms. The molecule has 0 fully saturated rings. The summed E-state index contributed by atoms with van der Waals surface area (Å²) in [6, 6.07) is 15.6. The van der Waals surface area contributed by atoms with Crippen LogP contribution in [0.1, 0.15) is 38.8 Å². The Balaban J connectivity index is 1.50. The highest BCUT2D eigenvalue weighted by Gasteiger charge is 2.17. The lowest BCUT2D eigenvalue weighted by Gasteiger charge is -2.13. The third kappa shape index (κ3) is 4.16. The summed E-state index contributed by atoms with van der Waals surface area (Å²) in [6.45, 7) is 1.85. The molecule has 0 aliphatic rings. The number of H-pyrrole nitrogens is 1. The summed E-state index contributed by atoms with van der Waals surface area (Å²) in [7, 11) is 0. The molecule has 4 rings (SSSR count). The fourth-order valence-corrected chi connectivity index (χ4v) is 3.66. The number of rotatable bonds is 5. The van der Waals surface area contributed by atoms with E-state index in [0.717, 1.165) is 11.0 Å². The standard InChI is InChI=1S/C21H17ClN4O2S/c1-12(19-24-15-5-2-3-6-16(15)25-19)23-20(27)13-8-9-14(22)17(11-13)26-21(28)18-7-4-10-29-18/h2-12H,1H3,(H,23,27)(H,24,25)(H,26,28). The summed E-state index contributed by atoms with van der Waals surface area (Å²) in [5, 5.41) is 7.84. The van der Waals surface area contributed by atoms with Crippen LogP contribution < -0.4 is 10.6 Å².